The summed E-state index contributed by atoms with van der Waals surface area (Å²) in [6.45, 7) is 7.63. The Kier molecular flexibility index (Phi) is 5.31. The Bertz CT molecular complexity index is 456. The fourth-order valence-electron chi connectivity index (χ4n) is 2.15. The quantitative estimate of drug-likeness (QED) is 0.857. The van der Waals surface area contributed by atoms with Gasteiger partial charge in [0.1, 0.15) is 5.54 Å². The van der Waals surface area contributed by atoms with Crippen molar-refractivity contribution in [2.24, 2.45) is 0 Å². The van der Waals surface area contributed by atoms with Crippen LogP contribution < -0.4 is 10.1 Å². The summed E-state index contributed by atoms with van der Waals surface area (Å²) in [4.78, 5) is 0. The van der Waals surface area contributed by atoms with E-state index in [1.807, 2.05) is 27.7 Å². The van der Waals surface area contributed by atoms with E-state index >= 15 is 0 Å². The summed E-state index contributed by atoms with van der Waals surface area (Å²) in [5, 5.41) is 12.5. The second kappa shape index (κ2) is 6.53. The van der Waals surface area contributed by atoms with Crippen molar-refractivity contribution >= 4 is 0 Å². The van der Waals surface area contributed by atoms with Crippen molar-refractivity contribution in [3.63, 3.8) is 0 Å². The summed E-state index contributed by atoms with van der Waals surface area (Å²) in [5.41, 5.74) is -0.682. The molecule has 1 N–H and O–H groups in total. The van der Waals surface area contributed by atoms with Gasteiger partial charge in [0.25, 0.3) is 0 Å². The molecule has 0 amide bonds. The molecule has 1 aromatic rings. The number of halogens is 1. The monoisotopic (exact) mass is 264 g/mol. The second-order valence-electron chi connectivity index (χ2n) is 5.31. The molecule has 0 aliphatic carbocycles. The second-order valence-corrected chi connectivity index (χ2v) is 5.31. The van der Waals surface area contributed by atoms with Crippen LogP contribution in [0.1, 0.15) is 34.1 Å². The lowest BCUT2D eigenvalue weighted by Crippen LogP contribution is -2.47. The van der Waals surface area contributed by atoms with Gasteiger partial charge in [-0.25, -0.2) is 4.39 Å². The number of nitrogens with one attached hydrogen (secondary N) is 1. The first-order chi connectivity index (χ1) is 8.86. The third-order valence-electron chi connectivity index (χ3n) is 2.71. The molecule has 2 unspecified atom stereocenters. The van der Waals surface area contributed by atoms with Crippen LogP contribution in [-0.4, -0.2) is 17.7 Å². The van der Waals surface area contributed by atoms with Gasteiger partial charge < -0.3 is 4.74 Å². The van der Waals surface area contributed by atoms with Crippen molar-refractivity contribution in [2.75, 3.05) is 0 Å². The number of benzene rings is 1. The Morgan fingerprint density at radius 2 is 2.00 bits per heavy atom. The molecule has 1 aromatic carbocycles. The summed E-state index contributed by atoms with van der Waals surface area (Å²) < 4.78 is 19.0. The third kappa shape index (κ3) is 4.88. The summed E-state index contributed by atoms with van der Waals surface area (Å²) in [6.07, 6.45) is 0.225. The van der Waals surface area contributed by atoms with Gasteiger partial charge in [0.2, 0.25) is 0 Å². The number of hydrogen-bond donors (Lipinski definition) is 1. The molecule has 0 saturated carbocycles. The van der Waals surface area contributed by atoms with E-state index in [0.717, 1.165) is 0 Å². The molecule has 19 heavy (non-hydrogen) atoms. The highest BCUT2D eigenvalue weighted by atomic mass is 19.1. The van der Waals surface area contributed by atoms with Crippen molar-refractivity contribution < 1.29 is 9.13 Å². The van der Waals surface area contributed by atoms with E-state index in [9.17, 15) is 9.65 Å². The van der Waals surface area contributed by atoms with E-state index in [0.29, 0.717) is 6.42 Å². The first-order valence-corrected chi connectivity index (χ1v) is 6.46. The van der Waals surface area contributed by atoms with Crippen LogP contribution in [0.3, 0.4) is 0 Å². The maximum Gasteiger partial charge on any atom is 0.165 e. The number of para-hydroxylation sites is 1. The molecule has 0 heterocycles. The highest BCUT2D eigenvalue weighted by Gasteiger charge is 2.28. The fraction of sp³-hybridized carbons (Fsp3) is 0.533. The smallest absolute Gasteiger partial charge is 0.165 e. The van der Waals surface area contributed by atoms with Gasteiger partial charge in [0, 0.05) is 12.5 Å². The topological polar surface area (TPSA) is 45.0 Å². The molecule has 2 atom stereocenters. The normalized spacial score (nSPS) is 15.6. The molecule has 0 aliphatic heterocycles. The minimum atomic E-state index is -0.682. The molecule has 0 bridgehead atoms. The van der Waals surface area contributed by atoms with E-state index in [-0.39, 0.29) is 23.7 Å². The maximum atomic E-state index is 13.5. The lowest BCUT2D eigenvalue weighted by Gasteiger charge is -2.29. The number of rotatable bonds is 6. The van der Waals surface area contributed by atoms with Gasteiger partial charge in [-0.15, -0.1) is 0 Å². The number of nitriles is 1. The Hall–Kier alpha value is -1.60. The van der Waals surface area contributed by atoms with Crippen LogP contribution in [0, 0.1) is 17.1 Å². The lowest BCUT2D eigenvalue weighted by atomic mass is 9.95. The van der Waals surface area contributed by atoms with Crippen LogP contribution in [0.4, 0.5) is 4.39 Å². The average Bonchev–Trinajstić information content (AvgIpc) is 2.31. The van der Waals surface area contributed by atoms with Gasteiger partial charge in [-0.1, -0.05) is 12.1 Å². The molecule has 1 rings (SSSR count). The first-order valence-electron chi connectivity index (χ1n) is 6.46. The van der Waals surface area contributed by atoms with Gasteiger partial charge in [-0.2, -0.15) is 5.26 Å². The van der Waals surface area contributed by atoms with E-state index in [2.05, 4.69) is 11.4 Å². The molecule has 4 heteroatoms. The van der Waals surface area contributed by atoms with Crippen molar-refractivity contribution in [3.05, 3.63) is 30.1 Å². The van der Waals surface area contributed by atoms with Crippen molar-refractivity contribution in [3.8, 4) is 11.8 Å². The van der Waals surface area contributed by atoms with Crippen LogP contribution in [0.5, 0.6) is 5.75 Å². The standard InChI is InChI=1S/C15H21FN2O/c1-11(2)18-15(4,10-17)9-12(3)19-14-8-6-5-7-13(14)16/h5-8,11-12,18H,9H2,1-4H3. The number of ether oxygens (including phenoxy) is 1. The van der Waals surface area contributed by atoms with Crippen LogP contribution >= 0.6 is 0 Å². The lowest BCUT2D eigenvalue weighted by molar-refractivity contribution is 0.169. The zero-order valence-corrected chi connectivity index (χ0v) is 11.9. The van der Waals surface area contributed by atoms with Crippen molar-refractivity contribution in [1.82, 2.24) is 5.32 Å². The zero-order valence-electron chi connectivity index (χ0n) is 11.9. The Morgan fingerprint density at radius 3 is 2.53 bits per heavy atom. The Balaban J connectivity index is 2.67. The van der Waals surface area contributed by atoms with E-state index in [4.69, 9.17) is 4.74 Å². The summed E-state index contributed by atoms with van der Waals surface area (Å²) in [6, 6.07) is 8.74. The predicted octanol–water partition coefficient (Wildman–Crippen LogP) is 3.26. The minimum Gasteiger partial charge on any atom is -0.488 e. The third-order valence-corrected chi connectivity index (χ3v) is 2.71. The van der Waals surface area contributed by atoms with E-state index in [1.165, 1.54) is 6.07 Å². The van der Waals surface area contributed by atoms with E-state index < -0.39 is 5.54 Å². The van der Waals surface area contributed by atoms with Crippen LogP contribution in [0.15, 0.2) is 24.3 Å². The number of nitrogens with zero attached hydrogens (tertiary/aromatic N) is 1. The molecule has 0 radical (unpaired) electrons. The van der Waals surface area contributed by atoms with E-state index in [1.54, 1.807) is 18.2 Å². The Morgan fingerprint density at radius 1 is 1.37 bits per heavy atom. The van der Waals surface area contributed by atoms with Crippen molar-refractivity contribution in [1.29, 1.82) is 5.26 Å². The highest BCUT2D eigenvalue weighted by Crippen LogP contribution is 2.21. The Labute approximate surface area is 114 Å². The molecular weight excluding hydrogens is 243 g/mol. The first kappa shape index (κ1) is 15.5. The van der Waals surface area contributed by atoms with Crippen LogP contribution in [0.25, 0.3) is 0 Å². The molecule has 0 spiro atoms. The van der Waals surface area contributed by atoms with Gasteiger partial charge in [0.15, 0.2) is 11.6 Å². The highest BCUT2D eigenvalue weighted by molar-refractivity contribution is 5.24. The molecule has 0 aromatic heterocycles. The summed E-state index contributed by atoms with van der Waals surface area (Å²) >= 11 is 0. The van der Waals surface area contributed by atoms with Crippen LogP contribution in [0.2, 0.25) is 0 Å². The molecule has 0 saturated heterocycles. The predicted molar refractivity (Wildman–Crippen MR) is 73.4 cm³/mol. The molecule has 3 nitrogen and oxygen atoms in total. The average molecular weight is 264 g/mol. The zero-order chi connectivity index (χ0) is 14.5. The maximum absolute atomic E-state index is 13.5. The van der Waals surface area contributed by atoms with Gasteiger partial charge in [-0.3, -0.25) is 5.32 Å². The summed E-state index contributed by atoms with van der Waals surface area (Å²) in [7, 11) is 0. The molecule has 104 valence electrons. The minimum absolute atomic E-state index is 0.199. The van der Waals surface area contributed by atoms with Gasteiger partial charge in [0.05, 0.1) is 12.2 Å². The van der Waals surface area contributed by atoms with Crippen molar-refractivity contribution in [2.45, 2.75) is 51.8 Å². The fourth-order valence-corrected chi connectivity index (χ4v) is 2.15. The SMILES string of the molecule is CC(C)NC(C)(C#N)CC(C)Oc1ccccc1F. The molecule has 0 fully saturated rings. The van der Waals surface area contributed by atoms with Crippen LogP contribution in [-0.2, 0) is 0 Å². The summed E-state index contributed by atoms with van der Waals surface area (Å²) in [5.74, 6) is -0.162. The molecule has 0 aliphatic rings. The van der Waals surface area contributed by atoms with Gasteiger partial charge in [-0.05, 0) is 39.8 Å². The van der Waals surface area contributed by atoms with Gasteiger partial charge >= 0.3 is 0 Å². The number of hydrogen-bond acceptors (Lipinski definition) is 3. The largest absolute Gasteiger partial charge is 0.488 e. The molecular formula is C15H21FN2O.